The van der Waals surface area contributed by atoms with E-state index in [0.717, 1.165) is 80.1 Å². The lowest BCUT2D eigenvalue weighted by Gasteiger charge is -2.61. The molecule has 3 N–H and O–H groups in total. The molecule has 4 aliphatic carbocycles. The highest BCUT2D eigenvalue weighted by molar-refractivity contribution is 5.94. The maximum atomic E-state index is 13.1. The van der Waals surface area contributed by atoms with Crippen molar-refractivity contribution in [3.63, 3.8) is 0 Å². The largest absolute Gasteiger partial charge is 0.463 e. The fourth-order valence-corrected chi connectivity index (χ4v) is 6.11. The molecule has 36 heavy (non-hydrogen) atoms. The number of nitrogens with one attached hydrogen (secondary N) is 3. The van der Waals surface area contributed by atoms with Crippen molar-refractivity contribution in [2.45, 2.75) is 50.0 Å². The molecular formula is C26H30N8O2. The molecule has 1 aliphatic heterocycles. The lowest BCUT2D eigenvalue weighted by molar-refractivity contribution is -0.0439. The maximum Gasteiger partial charge on any atom is 0.319 e. The van der Waals surface area contributed by atoms with E-state index in [1.54, 1.807) is 12.3 Å². The highest BCUT2D eigenvalue weighted by atomic mass is 16.5. The molecule has 5 fully saturated rings. The van der Waals surface area contributed by atoms with Gasteiger partial charge >= 0.3 is 6.01 Å². The number of nitrogens with zero attached hydrogens (tertiary/aromatic N) is 5. The van der Waals surface area contributed by atoms with Crippen LogP contribution in [0.1, 0.15) is 60.6 Å². The second-order valence-corrected chi connectivity index (χ2v) is 11.0. The smallest absolute Gasteiger partial charge is 0.319 e. The summed E-state index contributed by atoms with van der Waals surface area (Å²) in [5.41, 5.74) is 2.25. The van der Waals surface area contributed by atoms with Crippen LogP contribution in [0.2, 0.25) is 0 Å². The molecule has 10 heteroatoms. The molecule has 10 nitrogen and oxygen atoms in total. The lowest BCUT2D eigenvalue weighted by atomic mass is 9.50. The Bertz CT molecular complexity index is 1310. The van der Waals surface area contributed by atoms with E-state index in [-0.39, 0.29) is 23.4 Å². The summed E-state index contributed by atoms with van der Waals surface area (Å²) in [5, 5.41) is 19.4. The first-order valence-electron chi connectivity index (χ1n) is 13.0. The number of carbonyl (C=O) groups excluding carboxylic acids is 1. The number of hydrogen-bond acceptors (Lipinski definition) is 8. The van der Waals surface area contributed by atoms with E-state index in [1.165, 1.54) is 6.21 Å². The van der Waals surface area contributed by atoms with Crippen molar-refractivity contribution in [1.82, 2.24) is 30.5 Å². The molecule has 0 aromatic carbocycles. The molecule has 0 unspecified atom stereocenters. The van der Waals surface area contributed by atoms with Crippen molar-refractivity contribution < 1.29 is 9.53 Å². The van der Waals surface area contributed by atoms with Crippen LogP contribution >= 0.6 is 0 Å². The number of aromatic amines is 1. The van der Waals surface area contributed by atoms with Crippen LogP contribution in [0.3, 0.4) is 0 Å². The van der Waals surface area contributed by atoms with Crippen LogP contribution in [0.5, 0.6) is 6.01 Å². The van der Waals surface area contributed by atoms with Gasteiger partial charge in [-0.2, -0.15) is 15.1 Å². The Labute approximate surface area is 208 Å². The van der Waals surface area contributed by atoms with Crippen LogP contribution in [-0.2, 0) is 0 Å². The van der Waals surface area contributed by atoms with Gasteiger partial charge in [0, 0.05) is 54.0 Å². The second kappa shape index (κ2) is 8.25. The van der Waals surface area contributed by atoms with E-state index >= 15 is 0 Å². The van der Waals surface area contributed by atoms with Gasteiger partial charge in [0.1, 0.15) is 11.5 Å². The van der Waals surface area contributed by atoms with E-state index in [9.17, 15) is 4.79 Å². The van der Waals surface area contributed by atoms with Crippen molar-refractivity contribution in [2.24, 2.45) is 17.8 Å². The number of pyridine rings is 1. The number of fused-ring (bicyclic) bond motifs is 1. The zero-order chi connectivity index (χ0) is 24.3. The summed E-state index contributed by atoms with van der Waals surface area (Å²) in [6.07, 6.45) is 9.33. The van der Waals surface area contributed by atoms with Gasteiger partial charge < -0.3 is 20.4 Å². The molecule has 186 valence electrons. The summed E-state index contributed by atoms with van der Waals surface area (Å²) >= 11 is 0. The predicted octanol–water partition coefficient (Wildman–Crippen LogP) is 3.08. The average molecular weight is 487 g/mol. The number of carbonyl (C=O) groups is 1. The van der Waals surface area contributed by atoms with Crippen molar-refractivity contribution in [1.29, 1.82) is 5.41 Å². The van der Waals surface area contributed by atoms with Crippen LogP contribution in [-0.4, -0.2) is 62.5 Å². The summed E-state index contributed by atoms with van der Waals surface area (Å²) in [7, 11) is 0. The van der Waals surface area contributed by atoms with Crippen LogP contribution in [0.4, 0.5) is 5.82 Å². The van der Waals surface area contributed by atoms with Crippen molar-refractivity contribution in [3.8, 4) is 6.01 Å². The van der Waals surface area contributed by atoms with E-state index in [4.69, 9.17) is 15.1 Å². The van der Waals surface area contributed by atoms with Crippen molar-refractivity contribution >= 4 is 29.0 Å². The van der Waals surface area contributed by atoms with E-state index in [0.29, 0.717) is 24.1 Å². The van der Waals surface area contributed by atoms with Crippen LogP contribution < -0.4 is 15.0 Å². The first-order valence-corrected chi connectivity index (χ1v) is 13.0. The fourth-order valence-electron chi connectivity index (χ4n) is 6.11. The lowest BCUT2D eigenvalue weighted by Crippen LogP contribution is -2.68. The highest BCUT2D eigenvalue weighted by Crippen LogP contribution is 2.57. The van der Waals surface area contributed by atoms with Gasteiger partial charge in [-0.05, 0) is 62.8 Å². The minimum atomic E-state index is -0.143. The van der Waals surface area contributed by atoms with Gasteiger partial charge in [0.25, 0.3) is 5.91 Å². The zero-order valence-electron chi connectivity index (χ0n) is 20.1. The maximum absolute atomic E-state index is 13.1. The minimum Gasteiger partial charge on any atom is -0.463 e. The number of aromatic nitrogens is 5. The quantitative estimate of drug-likeness (QED) is 0.417. The summed E-state index contributed by atoms with van der Waals surface area (Å²) in [4.78, 5) is 28.9. The first-order chi connectivity index (χ1) is 17.6. The van der Waals surface area contributed by atoms with Crippen LogP contribution in [0.15, 0.2) is 24.4 Å². The molecule has 5 aliphatic rings. The summed E-state index contributed by atoms with van der Waals surface area (Å²) < 4.78 is 5.94. The average Bonchev–Trinajstić information content (AvgIpc) is 3.51. The molecule has 3 aromatic heterocycles. The number of amides is 1. The van der Waals surface area contributed by atoms with Gasteiger partial charge in [-0.25, -0.2) is 4.98 Å². The van der Waals surface area contributed by atoms with Gasteiger partial charge in [0.05, 0.1) is 12.3 Å². The SMILES string of the molecule is N=C[C@@H]1C[C@@H]1COc1nc(C(=O)NC23CC(C2)C3)cc(N2CCC(c3n[nH]c4ncccc34)CC2)n1. The van der Waals surface area contributed by atoms with Crippen LogP contribution in [0.25, 0.3) is 11.0 Å². The summed E-state index contributed by atoms with van der Waals surface area (Å²) in [6, 6.07) is 6.07. The van der Waals surface area contributed by atoms with E-state index in [2.05, 4.69) is 36.4 Å². The van der Waals surface area contributed by atoms with E-state index in [1.807, 2.05) is 6.07 Å². The number of rotatable bonds is 8. The third-order valence-electron chi connectivity index (χ3n) is 8.53. The molecular weight excluding hydrogens is 456 g/mol. The summed E-state index contributed by atoms with van der Waals surface area (Å²) in [5.74, 6) is 2.34. The number of ether oxygens (including phenoxy) is 1. The van der Waals surface area contributed by atoms with Gasteiger partial charge in [-0.15, -0.1) is 0 Å². The standard InChI is InChI=1S/C26H30N8O2/c27-13-17-8-18(17)14-36-25-29-20(24(35)31-26-10-15(11-26)12-26)9-21(30-25)34-6-3-16(4-7-34)22-19-2-1-5-28-23(19)33-32-22/h1-2,5,9,13,15-18,27H,3-4,6-8,10-12,14H2,(H,31,35)(H,28,32,33)/t15?,17-,18+,26?/m0/s1. The molecule has 2 bridgehead atoms. The molecule has 8 rings (SSSR count). The van der Waals surface area contributed by atoms with Gasteiger partial charge in [0.15, 0.2) is 5.65 Å². The molecule has 4 heterocycles. The monoisotopic (exact) mass is 486 g/mol. The molecule has 0 spiro atoms. The Morgan fingerprint density at radius 2 is 2.11 bits per heavy atom. The molecule has 4 saturated carbocycles. The molecule has 0 radical (unpaired) electrons. The number of piperidine rings is 1. The number of anilines is 1. The van der Waals surface area contributed by atoms with E-state index < -0.39 is 0 Å². The third kappa shape index (κ3) is 3.79. The third-order valence-corrected chi connectivity index (χ3v) is 8.53. The minimum absolute atomic E-state index is 0.0153. The number of hydrogen-bond donors (Lipinski definition) is 3. The van der Waals surface area contributed by atoms with Crippen LogP contribution in [0, 0.1) is 23.2 Å². The molecule has 2 atom stereocenters. The van der Waals surface area contributed by atoms with Gasteiger partial charge in [-0.3, -0.25) is 9.89 Å². The van der Waals surface area contributed by atoms with Gasteiger partial charge in [-0.1, -0.05) is 0 Å². The fraction of sp³-hybridized carbons (Fsp3) is 0.538. The second-order valence-electron chi connectivity index (χ2n) is 11.0. The highest BCUT2D eigenvalue weighted by Gasteiger charge is 2.57. The Kier molecular flexibility index (Phi) is 4.97. The normalized spacial score (nSPS) is 28.8. The Morgan fingerprint density at radius 3 is 2.83 bits per heavy atom. The molecule has 1 saturated heterocycles. The molecule has 3 aromatic rings. The Morgan fingerprint density at radius 1 is 1.28 bits per heavy atom. The number of H-pyrrole nitrogens is 1. The topological polar surface area (TPSA) is 133 Å². The van der Waals surface area contributed by atoms with Gasteiger partial charge in [0.2, 0.25) is 0 Å². The Hall–Kier alpha value is -3.56. The molecule has 1 amide bonds. The summed E-state index contributed by atoms with van der Waals surface area (Å²) in [6.45, 7) is 2.08. The predicted molar refractivity (Wildman–Crippen MR) is 134 cm³/mol. The first kappa shape index (κ1) is 21.7. The van der Waals surface area contributed by atoms with Crippen molar-refractivity contribution in [2.75, 3.05) is 24.6 Å². The van der Waals surface area contributed by atoms with Crippen molar-refractivity contribution in [3.05, 3.63) is 35.8 Å². The zero-order valence-corrected chi connectivity index (χ0v) is 20.1. The Balaban J connectivity index is 1.08.